The summed E-state index contributed by atoms with van der Waals surface area (Å²) >= 11 is 11.9. The molecule has 0 saturated carbocycles. The number of hydrogen-bond acceptors (Lipinski definition) is 2. The lowest BCUT2D eigenvalue weighted by atomic mass is 10.0. The predicted molar refractivity (Wildman–Crippen MR) is 79.7 cm³/mol. The van der Waals surface area contributed by atoms with Crippen LogP contribution in [0.2, 0.25) is 10.0 Å². The molecular weight excluding hydrogens is 281 g/mol. The van der Waals surface area contributed by atoms with Crippen molar-refractivity contribution in [3.05, 3.63) is 63.6 Å². The lowest BCUT2D eigenvalue weighted by Gasteiger charge is -2.05. The van der Waals surface area contributed by atoms with Gasteiger partial charge >= 0.3 is 0 Å². The summed E-state index contributed by atoms with van der Waals surface area (Å²) < 4.78 is 0. The zero-order chi connectivity index (χ0) is 13.8. The summed E-state index contributed by atoms with van der Waals surface area (Å²) in [7, 11) is 0. The SMILES string of the molecule is Nc1cccc(CC(=O)Cc2cc(Cl)ccc2Cl)c1. The van der Waals surface area contributed by atoms with E-state index in [0.717, 1.165) is 11.1 Å². The molecule has 0 bridgehead atoms. The zero-order valence-electron chi connectivity index (χ0n) is 10.2. The van der Waals surface area contributed by atoms with Gasteiger partial charge in [0.1, 0.15) is 5.78 Å². The minimum Gasteiger partial charge on any atom is -0.399 e. The fraction of sp³-hybridized carbons (Fsp3) is 0.133. The van der Waals surface area contributed by atoms with Crippen molar-refractivity contribution in [3.63, 3.8) is 0 Å². The van der Waals surface area contributed by atoms with Crippen molar-refractivity contribution in [1.82, 2.24) is 0 Å². The van der Waals surface area contributed by atoms with E-state index >= 15 is 0 Å². The van der Waals surface area contributed by atoms with Gasteiger partial charge in [0, 0.05) is 28.6 Å². The van der Waals surface area contributed by atoms with Crippen LogP contribution in [0.3, 0.4) is 0 Å². The number of carbonyl (C=O) groups is 1. The number of nitrogens with two attached hydrogens (primary N) is 1. The Labute approximate surface area is 122 Å². The van der Waals surface area contributed by atoms with Gasteiger partial charge in [-0.1, -0.05) is 35.3 Å². The maximum absolute atomic E-state index is 12.0. The highest BCUT2D eigenvalue weighted by molar-refractivity contribution is 6.33. The molecule has 98 valence electrons. The summed E-state index contributed by atoms with van der Waals surface area (Å²) in [4.78, 5) is 12.0. The zero-order valence-corrected chi connectivity index (χ0v) is 11.7. The van der Waals surface area contributed by atoms with Crippen LogP contribution in [-0.4, -0.2) is 5.78 Å². The third kappa shape index (κ3) is 3.98. The van der Waals surface area contributed by atoms with Crippen molar-refractivity contribution in [2.24, 2.45) is 0 Å². The van der Waals surface area contributed by atoms with Gasteiger partial charge in [0.2, 0.25) is 0 Å². The first-order valence-electron chi connectivity index (χ1n) is 5.84. The molecule has 0 unspecified atom stereocenters. The van der Waals surface area contributed by atoms with E-state index in [4.69, 9.17) is 28.9 Å². The first-order chi connectivity index (χ1) is 9.04. The van der Waals surface area contributed by atoms with E-state index in [9.17, 15) is 4.79 Å². The van der Waals surface area contributed by atoms with Crippen LogP contribution in [0.1, 0.15) is 11.1 Å². The normalized spacial score (nSPS) is 10.4. The predicted octanol–water partition coefficient (Wildman–Crippen LogP) is 3.93. The van der Waals surface area contributed by atoms with Crippen LogP contribution in [0.5, 0.6) is 0 Å². The molecule has 0 atom stereocenters. The molecule has 0 aliphatic carbocycles. The number of halogens is 2. The van der Waals surface area contributed by atoms with E-state index in [0.29, 0.717) is 22.2 Å². The van der Waals surface area contributed by atoms with Gasteiger partial charge in [-0.05, 0) is 41.5 Å². The molecule has 19 heavy (non-hydrogen) atoms. The number of benzene rings is 2. The molecule has 0 spiro atoms. The van der Waals surface area contributed by atoms with E-state index in [1.807, 2.05) is 12.1 Å². The average molecular weight is 294 g/mol. The number of carbonyl (C=O) groups excluding carboxylic acids is 1. The van der Waals surface area contributed by atoms with Gasteiger partial charge in [-0.15, -0.1) is 0 Å². The number of hydrogen-bond donors (Lipinski definition) is 1. The summed E-state index contributed by atoms with van der Waals surface area (Å²) in [6, 6.07) is 12.4. The molecule has 2 rings (SSSR count). The van der Waals surface area contributed by atoms with E-state index in [-0.39, 0.29) is 12.2 Å². The third-order valence-electron chi connectivity index (χ3n) is 2.75. The van der Waals surface area contributed by atoms with Crippen LogP contribution in [0.25, 0.3) is 0 Å². The van der Waals surface area contributed by atoms with Crippen molar-refractivity contribution >= 4 is 34.7 Å². The quantitative estimate of drug-likeness (QED) is 0.868. The summed E-state index contributed by atoms with van der Waals surface area (Å²) in [5, 5.41) is 1.14. The highest BCUT2D eigenvalue weighted by Gasteiger charge is 2.09. The van der Waals surface area contributed by atoms with E-state index in [1.54, 1.807) is 30.3 Å². The Kier molecular flexibility index (Phi) is 4.46. The number of anilines is 1. The largest absolute Gasteiger partial charge is 0.399 e. The van der Waals surface area contributed by atoms with Gasteiger partial charge in [0.05, 0.1) is 0 Å². The van der Waals surface area contributed by atoms with Gasteiger partial charge < -0.3 is 5.73 Å². The minimum atomic E-state index is 0.0785. The molecule has 0 aromatic heterocycles. The van der Waals surface area contributed by atoms with E-state index in [2.05, 4.69) is 0 Å². The highest BCUT2D eigenvalue weighted by atomic mass is 35.5. The Morgan fingerprint density at radius 2 is 1.84 bits per heavy atom. The standard InChI is InChI=1S/C15H13Cl2NO/c16-12-4-5-15(17)11(8-12)9-14(19)7-10-2-1-3-13(18)6-10/h1-6,8H,7,9,18H2. The maximum Gasteiger partial charge on any atom is 0.141 e. The molecule has 0 aliphatic heterocycles. The van der Waals surface area contributed by atoms with Crippen molar-refractivity contribution in [3.8, 4) is 0 Å². The molecule has 0 saturated heterocycles. The van der Waals surface area contributed by atoms with Crippen LogP contribution in [0, 0.1) is 0 Å². The van der Waals surface area contributed by atoms with E-state index < -0.39 is 0 Å². The Hall–Kier alpha value is -1.51. The molecule has 2 aromatic rings. The van der Waals surface area contributed by atoms with Gasteiger partial charge in [-0.3, -0.25) is 4.79 Å². The van der Waals surface area contributed by atoms with Crippen LogP contribution in [0.4, 0.5) is 5.69 Å². The van der Waals surface area contributed by atoms with Crippen molar-refractivity contribution in [1.29, 1.82) is 0 Å². The third-order valence-corrected chi connectivity index (χ3v) is 3.35. The molecule has 0 amide bonds. The number of rotatable bonds is 4. The molecular formula is C15H13Cl2NO. The van der Waals surface area contributed by atoms with Crippen LogP contribution < -0.4 is 5.73 Å². The Bertz CT molecular complexity index is 611. The number of nitrogen functional groups attached to an aromatic ring is 1. The van der Waals surface area contributed by atoms with Crippen LogP contribution >= 0.6 is 23.2 Å². The second-order valence-electron chi connectivity index (χ2n) is 4.37. The molecule has 4 heteroatoms. The highest BCUT2D eigenvalue weighted by Crippen LogP contribution is 2.21. The lowest BCUT2D eigenvalue weighted by Crippen LogP contribution is -2.07. The van der Waals surface area contributed by atoms with Crippen LogP contribution in [0.15, 0.2) is 42.5 Å². The number of Topliss-reactive ketones (excluding diaryl/α,β-unsaturated/α-hetero) is 1. The molecule has 0 heterocycles. The first-order valence-corrected chi connectivity index (χ1v) is 6.60. The second kappa shape index (κ2) is 6.09. The molecule has 0 aliphatic rings. The average Bonchev–Trinajstić information content (AvgIpc) is 2.34. The monoisotopic (exact) mass is 293 g/mol. The van der Waals surface area contributed by atoms with Crippen molar-refractivity contribution in [2.75, 3.05) is 5.73 Å². The van der Waals surface area contributed by atoms with E-state index in [1.165, 1.54) is 0 Å². The lowest BCUT2D eigenvalue weighted by molar-refractivity contribution is -0.117. The topological polar surface area (TPSA) is 43.1 Å². The Balaban J connectivity index is 2.07. The molecule has 2 aromatic carbocycles. The summed E-state index contributed by atoms with van der Waals surface area (Å²) in [6.45, 7) is 0. The van der Waals surface area contributed by atoms with Gasteiger partial charge in [0.25, 0.3) is 0 Å². The van der Waals surface area contributed by atoms with Gasteiger partial charge in [-0.2, -0.15) is 0 Å². The van der Waals surface area contributed by atoms with Crippen molar-refractivity contribution < 1.29 is 4.79 Å². The van der Waals surface area contributed by atoms with Crippen molar-refractivity contribution in [2.45, 2.75) is 12.8 Å². The summed E-state index contributed by atoms with van der Waals surface area (Å²) in [5.41, 5.74) is 8.00. The fourth-order valence-electron chi connectivity index (χ4n) is 1.88. The fourth-order valence-corrected chi connectivity index (χ4v) is 2.26. The Morgan fingerprint density at radius 3 is 2.58 bits per heavy atom. The smallest absolute Gasteiger partial charge is 0.141 e. The minimum absolute atomic E-state index is 0.0785. The van der Waals surface area contributed by atoms with Gasteiger partial charge in [-0.25, -0.2) is 0 Å². The molecule has 0 radical (unpaired) electrons. The second-order valence-corrected chi connectivity index (χ2v) is 5.22. The number of ketones is 1. The molecule has 2 nitrogen and oxygen atoms in total. The van der Waals surface area contributed by atoms with Gasteiger partial charge in [0.15, 0.2) is 0 Å². The summed E-state index contributed by atoms with van der Waals surface area (Å²) in [5.74, 6) is 0.0785. The maximum atomic E-state index is 12.0. The first kappa shape index (κ1) is 13.9. The molecule has 2 N–H and O–H groups in total. The molecule has 0 fully saturated rings. The van der Waals surface area contributed by atoms with Crippen LogP contribution in [-0.2, 0) is 17.6 Å². The summed E-state index contributed by atoms with van der Waals surface area (Å²) in [6.07, 6.45) is 0.613. The Morgan fingerprint density at radius 1 is 1.05 bits per heavy atom.